The van der Waals surface area contributed by atoms with Crippen LogP contribution in [0.25, 0.3) is 0 Å². The quantitative estimate of drug-likeness (QED) is 0.0272. The molecule has 0 rings (SSSR count). The molecule has 3 atom stereocenters. The molecule has 0 aliphatic heterocycles. The van der Waals surface area contributed by atoms with E-state index in [4.69, 9.17) is 9.05 Å². The van der Waals surface area contributed by atoms with Gasteiger partial charge in [-0.1, -0.05) is 314 Å². The minimum absolute atomic E-state index is 0.0144. The summed E-state index contributed by atoms with van der Waals surface area (Å²) >= 11 is 0. The molecule has 446 valence electrons. The molecule has 0 radical (unpaired) electrons. The largest absolute Gasteiger partial charge is 0.756 e. The minimum atomic E-state index is -4.58. The Kier molecular flexibility index (Phi) is 56.9. The average Bonchev–Trinajstić information content (AvgIpc) is 3.37. The lowest BCUT2D eigenvalue weighted by Gasteiger charge is -2.30. The van der Waals surface area contributed by atoms with E-state index >= 15 is 0 Å². The first-order valence-electron chi connectivity index (χ1n) is 33.2. The van der Waals surface area contributed by atoms with Crippen LogP contribution in [0.5, 0.6) is 0 Å². The summed E-state index contributed by atoms with van der Waals surface area (Å²) in [6.45, 7) is 4.77. The number of amides is 1. The molecule has 1 amide bonds. The molecule has 75 heavy (non-hydrogen) atoms. The molecule has 0 saturated heterocycles. The fourth-order valence-electron chi connectivity index (χ4n) is 10.3. The van der Waals surface area contributed by atoms with Crippen LogP contribution in [0.4, 0.5) is 0 Å². The van der Waals surface area contributed by atoms with E-state index in [1.54, 1.807) is 0 Å². The zero-order valence-electron chi connectivity index (χ0n) is 51.0. The van der Waals surface area contributed by atoms with Crippen LogP contribution in [-0.4, -0.2) is 68.5 Å². The summed E-state index contributed by atoms with van der Waals surface area (Å²) in [6.07, 6.45) is 73.8. The maximum atomic E-state index is 13.0. The molecule has 0 fully saturated rings. The number of carbonyl (C=O) groups is 1. The van der Waals surface area contributed by atoms with E-state index in [1.807, 2.05) is 21.1 Å². The normalized spacial score (nSPS) is 13.9. The first-order valence-corrected chi connectivity index (χ1v) is 34.6. The second-order valence-electron chi connectivity index (χ2n) is 24.2. The second-order valence-corrected chi connectivity index (χ2v) is 25.6. The third kappa shape index (κ3) is 60.5. The van der Waals surface area contributed by atoms with Crippen LogP contribution < -0.4 is 10.2 Å². The molecule has 9 heteroatoms. The van der Waals surface area contributed by atoms with Crippen molar-refractivity contribution in [1.29, 1.82) is 0 Å². The van der Waals surface area contributed by atoms with Crippen LogP contribution in [0.1, 0.15) is 341 Å². The molecule has 0 aliphatic carbocycles. The Labute approximate surface area is 468 Å². The van der Waals surface area contributed by atoms with Gasteiger partial charge in [0.15, 0.2) is 0 Å². The van der Waals surface area contributed by atoms with Crippen molar-refractivity contribution in [3.63, 3.8) is 0 Å². The molecule has 0 spiro atoms. The minimum Gasteiger partial charge on any atom is -0.756 e. The summed E-state index contributed by atoms with van der Waals surface area (Å²) in [5, 5.41) is 14.1. The van der Waals surface area contributed by atoms with Gasteiger partial charge in [-0.05, 0) is 44.9 Å². The zero-order chi connectivity index (χ0) is 54.9. The van der Waals surface area contributed by atoms with Gasteiger partial charge in [-0.25, -0.2) is 0 Å². The van der Waals surface area contributed by atoms with Crippen LogP contribution >= 0.6 is 7.82 Å². The molecule has 8 nitrogen and oxygen atoms in total. The smallest absolute Gasteiger partial charge is 0.268 e. The van der Waals surface area contributed by atoms with Gasteiger partial charge in [-0.15, -0.1) is 0 Å². The van der Waals surface area contributed by atoms with E-state index in [-0.39, 0.29) is 19.1 Å². The van der Waals surface area contributed by atoms with E-state index in [0.717, 1.165) is 44.9 Å². The number of carbonyl (C=O) groups excluding carboxylic acids is 1. The van der Waals surface area contributed by atoms with Gasteiger partial charge >= 0.3 is 0 Å². The lowest BCUT2D eigenvalue weighted by molar-refractivity contribution is -0.870. The maximum Gasteiger partial charge on any atom is 0.268 e. The fourth-order valence-corrected chi connectivity index (χ4v) is 11.0. The molecule has 0 aromatic heterocycles. The number of allylic oxidation sites excluding steroid dienone is 4. The molecular formula is C66H131N2O6P. The lowest BCUT2D eigenvalue weighted by atomic mass is 10.0. The highest BCUT2D eigenvalue weighted by Crippen LogP contribution is 2.38. The highest BCUT2D eigenvalue weighted by Gasteiger charge is 2.24. The van der Waals surface area contributed by atoms with E-state index in [9.17, 15) is 19.4 Å². The zero-order valence-corrected chi connectivity index (χ0v) is 51.9. The Morgan fingerprint density at radius 1 is 0.467 bits per heavy atom. The monoisotopic (exact) mass is 1080 g/mol. The standard InChI is InChI=1S/C66H131N2O6P/c1-6-8-10-12-14-16-18-20-22-24-26-28-30-32-34-36-38-40-42-44-46-48-50-52-54-56-58-60-66(70)67-64(63-74-75(71,72)73-62-61-68(3,4)5)65(69)59-57-55-53-51-49-47-45-43-41-39-37-35-33-31-29-27-25-23-21-19-17-15-13-11-9-7-2/h18,20,24,26,64-65,69H,6-17,19,21-23,25,27-63H2,1-5H3,(H-,67,70,71,72)/b20-18-,26-24-. The Morgan fingerprint density at radius 3 is 1.11 bits per heavy atom. The molecule has 0 heterocycles. The lowest BCUT2D eigenvalue weighted by Crippen LogP contribution is -2.46. The van der Waals surface area contributed by atoms with Crippen molar-refractivity contribution in [2.24, 2.45) is 0 Å². The highest BCUT2D eigenvalue weighted by atomic mass is 31.2. The molecule has 0 aliphatic rings. The van der Waals surface area contributed by atoms with Crippen molar-refractivity contribution in [3.05, 3.63) is 24.3 Å². The Balaban J connectivity index is 4.05. The molecule has 0 bridgehead atoms. The Hall–Kier alpha value is -1.02. The van der Waals surface area contributed by atoms with Gasteiger partial charge in [0.25, 0.3) is 7.82 Å². The third-order valence-corrected chi connectivity index (χ3v) is 16.4. The first-order chi connectivity index (χ1) is 36.5. The summed E-state index contributed by atoms with van der Waals surface area (Å²) in [7, 11) is 1.32. The van der Waals surface area contributed by atoms with Crippen LogP contribution in [0.3, 0.4) is 0 Å². The maximum absolute atomic E-state index is 13.0. The third-order valence-electron chi connectivity index (χ3n) is 15.4. The van der Waals surface area contributed by atoms with Crippen molar-refractivity contribution in [2.45, 2.75) is 353 Å². The molecule has 2 N–H and O–H groups in total. The van der Waals surface area contributed by atoms with E-state index in [0.29, 0.717) is 23.9 Å². The Bertz CT molecular complexity index is 1270. The molecule has 0 saturated carbocycles. The van der Waals surface area contributed by atoms with Gasteiger partial charge < -0.3 is 28.8 Å². The van der Waals surface area contributed by atoms with Gasteiger partial charge in [0.05, 0.1) is 39.9 Å². The fraction of sp³-hybridized carbons (Fsp3) is 0.924. The van der Waals surface area contributed by atoms with Crippen molar-refractivity contribution in [2.75, 3.05) is 40.9 Å². The molecular weight excluding hydrogens is 948 g/mol. The van der Waals surface area contributed by atoms with Crippen LogP contribution in [-0.2, 0) is 18.4 Å². The SMILES string of the molecule is CCCCCCC/C=C\C/C=C\CCCCCCCCCCCCCCCCCC(=O)NC(COP(=O)([O-])OCC[N+](C)(C)C)C(O)CCCCCCCCCCCCCCCCCCCCCCCCCCCC. The second kappa shape index (κ2) is 57.7. The van der Waals surface area contributed by atoms with Crippen LogP contribution in [0.15, 0.2) is 24.3 Å². The first kappa shape index (κ1) is 74.0. The van der Waals surface area contributed by atoms with Crippen LogP contribution in [0, 0.1) is 0 Å². The number of quaternary nitrogens is 1. The summed E-state index contributed by atoms with van der Waals surface area (Å²) in [4.78, 5) is 25.6. The number of aliphatic hydroxyl groups excluding tert-OH is 1. The van der Waals surface area contributed by atoms with Gasteiger partial charge in [-0.3, -0.25) is 9.36 Å². The van der Waals surface area contributed by atoms with Crippen molar-refractivity contribution in [1.82, 2.24) is 5.32 Å². The van der Waals surface area contributed by atoms with Gasteiger partial charge in [0.1, 0.15) is 13.2 Å². The summed E-state index contributed by atoms with van der Waals surface area (Å²) in [6, 6.07) is -0.800. The van der Waals surface area contributed by atoms with Crippen molar-refractivity contribution in [3.8, 4) is 0 Å². The van der Waals surface area contributed by atoms with Gasteiger partial charge in [0, 0.05) is 6.42 Å². The summed E-state index contributed by atoms with van der Waals surface area (Å²) in [5.74, 6) is -0.158. The average molecular weight is 1080 g/mol. The number of nitrogens with zero attached hydrogens (tertiary/aromatic N) is 1. The van der Waals surface area contributed by atoms with Gasteiger partial charge in [0.2, 0.25) is 5.91 Å². The number of likely N-dealkylation sites (N-methyl/N-ethyl adjacent to an activating group) is 1. The number of rotatable bonds is 62. The number of hydrogen-bond acceptors (Lipinski definition) is 6. The number of hydrogen-bond donors (Lipinski definition) is 2. The summed E-state index contributed by atoms with van der Waals surface area (Å²) in [5.41, 5.74) is 0. The molecule has 3 unspecified atom stereocenters. The molecule has 0 aromatic rings. The number of aliphatic hydroxyl groups is 1. The highest BCUT2D eigenvalue weighted by molar-refractivity contribution is 7.45. The van der Waals surface area contributed by atoms with E-state index in [1.165, 1.54) is 270 Å². The van der Waals surface area contributed by atoms with E-state index < -0.39 is 20.0 Å². The molecule has 0 aromatic carbocycles. The number of phosphoric ester groups is 1. The number of phosphoric acid groups is 1. The number of nitrogens with one attached hydrogen (secondary N) is 1. The van der Waals surface area contributed by atoms with Crippen molar-refractivity contribution >= 4 is 13.7 Å². The number of unbranched alkanes of at least 4 members (excludes halogenated alkanes) is 45. The summed E-state index contributed by atoms with van der Waals surface area (Å²) < 4.78 is 23.5. The Morgan fingerprint density at radius 2 is 0.773 bits per heavy atom. The van der Waals surface area contributed by atoms with E-state index in [2.05, 4.69) is 43.5 Å². The predicted octanol–water partition coefficient (Wildman–Crippen LogP) is 20.1. The van der Waals surface area contributed by atoms with Crippen LogP contribution in [0.2, 0.25) is 0 Å². The van der Waals surface area contributed by atoms with Crippen molar-refractivity contribution < 1.29 is 32.9 Å². The predicted molar refractivity (Wildman–Crippen MR) is 325 cm³/mol. The van der Waals surface area contributed by atoms with Gasteiger partial charge in [-0.2, -0.15) is 0 Å². The topological polar surface area (TPSA) is 108 Å².